The summed E-state index contributed by atoms with van der Waals surface area (Å²) in [6, 6.07) is 0. The molecule has 0 radical (unpaired) electrons. The molecule has 11 heavy (non-hydrogen) atoms. The van der Waals surface area contributed by atoms with Crippen molar-refractivity contribution in [2.45, 2.75) is 32.3 Å². The smallest absolute Gasteiger partial charge is 0.308 e. The van der Waals surface area contributed by atoms with Gasteiger partial charge in [-0.05, 0) is 25.7 Å². The molecule has 0 amide bonds. The molecule has 1 fully saturated rings. The van der Waals surface area contributed by atoms with Gasteiger partial charge in [-0.3, -0.25) is 4.79 Å². The van der Waals surface area contributed by atoms with E-state index in [9.17, 15) is 9.90 Å². The van der Waals surface area contributed by atoms with Gasteiger partial charge in [0.25, 0.3) is 0 Å². The number of rotatable bonds is 4. The van der Waals surface area contributed by atoms with Gasteiger partial charge in [0.05, 0.1) is 19.1 Å². The van der Waals surface area contributed by atoms with Crippen molar-refractivity contribution < 1.29 is 14.6 Å². The summed E-state index contributed by atoms with van der Waals surface area (Å²) in [4.78, 5) is 10.8. The van der Waals surface area contributed by atoms with Crippen molar-refractivity contribution in [1.82, 2.24) is 0 Å². The van der Waals surface area contributed by atoms with Crippen LogP contribution in [0.1, 0.15) is 26.2 Å². The highest BCUT2D eigenvalue weighted by Crippen LogP contribution is 2.33. The molecule has 1 aliphatic rings. The number of carbonyl (C=O) groups is 1. The molecule has 0 spiro atoms. The van der Waals surface area contributed by atoms with Gasteiger partial charge < -0.3 is 9.84 Å². The van der Waals surface area contributed by atoms with Crippen LogP contribution in [0.3, 0.4) is 0 Å². The van der Waals surface area contributed by atoms with Crippen molar-refractivity contribution in [3.63, 3.8) is 0 Å². The predicted molar refractivity (Wildman–Crippen MR) is 40.0 cm³/mol. The first-order chi connectivity index (χ1) is 5.24. The molecule has 0 heterocycles. The molecule has 1 N–H and O–H groups in total. The first-order valence-electron chi connectivity index (χ1n) is 4.07. The monoisotopic (exact) mass is 158 g/mol. The Labute approximate surface area is 66.4 Å². The van der Waals surface area contributed by atoms with Crippen LogP contribution in [0.4, 0.5) is 0 Å². The normalized spacial score (nSPS) is 19.5. The number of aliphatic hydroxyl groups is 1. The molecule has 1 rings (SSSR count). The Balaban J connectivity index is 2.12. The number of esters is 1. The Kier molecular flexibility index (Phi) is 2.88. The molecule has 0 aliphatic heterocycles. The number of carbonyl (C=O) groups excluding carboxylic acids is 1. The van der Waals surface area contributed by atoms with Crippen LogP contribution in [-0.2, 0) is 9.53 Å². The number of hydrogen-bond acceptors (Lipinski definition) is 3. The molecular formula is C8H14O3. The average molecular weight is 158 g/mol. The maximum absolute atomic E-state index is 10.8. The van der Waals surface area contributed by atoms with Crippen LogP contribution in [0.25, 0.3) is 0 Å². The third-order valence-corrected chi connectivity index (χ3v) is 1.85. The molecule has 0 unspecified atom stereocenters. The van der Waals surface area contributed by atoms with Crippen molar-refractivity contribution in [3.05, 3.63) is 0 Å². The summed E-state index contributed by atoms with van der Waals surface area (Å²) >= 11 is 0. The van der Waals surface area contributed by atoms with Crippen molar-refractivity contribution in [3.8, 4) is 0 Å². The summed E-state index contributed by atoms with van der Waals surface area (Å²) in [5.41, 5.74) is 0. The van der Waals surface area contributed by atoms with E-state index in [0.29, 0.717) is 12.5 Å². The third-order valence-electron chi connectivity index (χ3n) is 1.85. The Morgan fingerprint density at radius 3 is 2.82 bits per heavy atom. The fraction of sp³-hybridized carbons (Fsp3) is 0.875. The van der Waals surface area contributed by atoms with E-state index in [2.05, 4.69) is 0 Å². The molecule has 0 aromatic carbocycles. The Morgan fingerprint density at radius 1 is 1.73 bits per heavy atom. The van der Waals surface area contributed by atoms with Crippen molar-refractivity contribution in [1.29, 1.82) is 0 Å². The van der Waals surface area contributed by atoms with Gasteiger partial charge >= 0.3 is 5.97 Å². The van der Waals surface area contributed by atoms with E-state index in [4.69, 9.17) is 4.74 Å². The van der Waals surface area contributed by atoms with Crippen molar-refractivity contribution >= 4 is 5.97 Å². The average Bonchev–Trinajstić information content (AvgIpc) is 2.67. The van der Waals surface area contributed by atoms with Crippen molar-refractivity contribution in [2.24, 2.45) is 5.92 Å². The minimum Gasteiger partial charge on any atom is -0.466 e. The third kappa shape index (κ3) is 2.89. The fourth-order valence-electron chi connectivity index (χ4n) is 1.04. The topological polar surface area (TPSA) is 46.5 Å². The van der Waals surface area contributed by atoms with Gasteiger partial charge in [-0.15, -0.1) is 0 Å². The molecule has 0 aromatic rings. The van der Waals surface area contributed by atoms with E-state index in [0.717, 1.165) is 12.8 Å². The second-order valence-electron chi connectivity index (χ2n) is 2.91. The molecule has 1 aliphatic carbocycles. The lowest BCUT2D eigenvalue weighted by Gasteiger charge is -2.06. The zero-order valence-electron chi connectivity index (χ0n) is 6.75. The molecule has 1 atom stereocenters. The predicted octanol–water partition coefficient (Wildman–Crippen LogP) is 0.711. The van der Waals surface area contributed by atoms with Crippen LogP contribution in [-0.4, -0.2) is 23.8 Å². The van der Waals surface area contributed by atoms with E-state index in [1.54, 1.807) is 6.92 Å². The molecule has 0 saturated heterocycles. The molecule has 64 valence electrons. The van der Waals surface area contributed by atoms with Crippen molar-refractivity contribution in [2.75, 3.05) is 6.61 Å². The van der Waals surface area contributed by atoms with Crippen LogP contribution >= 0.6 is 0 Å². The molecule has 0 aromatic heterocycles. The van der Waals surface area contributed by atoms with Gasteiger partial charge in [-0.1, -0.05) is 0 Å². The van der Waals surface area contributed by atoms with E-state index in [-0.39, 0.29) is 12.4 Å². The summed E-state index contributed by atoms with van der Waals surface area (Å²) in [6.07, 6.45) is 1.81. The first-order valence-corrected chi connectivity index (χ1v) is 4.07. The van der Waals surface area contributed by atoms with Gasteiger partial charge in [0, 0.05) is 0 Å². The van der Waals surface area contributed by atoms with Gasteiger partial charge in [0.2, 0.25) is 0 Å². The SMILES string of the molecule is CCOC(=O)C[C@H](O)C1CC1. The van der Waals surface area contributed by atoms with Gasteiger partial charge in [0.1, 0.15) is 0 Å². The quantitative estimate of drug-likeness (QED) is 0.613. The van der Waals surface area contributed by atoms with Crippen LogP contribution in [0.2, 0.25) is 0 Å². The summed E-state index contributed by atoms with van der Waals surface area (Å²) in [5, 5.41) is 9.29. The van der Waals surface area contributed by atoms with E-state index >= 15 is 0 Å². The fourth-order valence-corrected chi connectivity index (χ4v) is 1.04. The Hall–Kier alpha value is -0.570. The Morgan fingerprint density at radius 2 is 2.36 bits per heavy atom. The lowest BCUT2D eigenvalue weighted by atomic mass is 10.2. The maximum atomic E-state index is 10.8. The summed E-state index contributed by atoms with van der Waals surface area (Å²) < 4.78 is 4.69. The van der Waals surface area contributed by atoms with Gasteiger partial charge in [-0.2, -0.15) is 0 Å². The highest BCUT2D eigenvalue weighted by atomic mass is 16.5. The minimum atomic E-state index is -0.464. The second kappa shape index (κ2) is 3.72. The van der Waals surface area contributed by atoms with Gasteiger partial charge in [0.15, 0.2) is 0 Å². The first kappa shape index (κ1) is 8.53. The van der Waals surface area contributed by atoms with Gasteiger partial charge in [-0.25, -0.2) is 0 Å². The summed E-state index contributed by atoms with van der Waals surface area (Å²) in [7, 11) is 0. The molecule has 0 bridgehead atoms. The largest absolute Gasteiger partial charge is 0.466 e. The van der Waals surface area contributed by atoms with E-state index in [1.807, 2.05) is 0 Å². The molecule has 3 nitrogen and oxygen atoms in total. The lowest BCUT2D eigenvalue weighted by molar-refractivity contribution is -0.145. The lowest BCUT2D eigenvalue weighted by Crippen LogP contribution is -2.17. The highest BCUT2D eigenvalue weighted by Gasteiger charge is 2.31. The highest BCUT2D eigenvalue weighted by molar-refractivity contribution is 5.69. The molecule has 3 heteroatoms. The van der Waals surface area contributed by atoms with Crippen LogP contribution in [0.15, 0.2) is 0 Å². The second-order valence-corrected chi connectivity index (χ2v) is 2.91. The number of ether oxygens (including phenoxy) is 1. The van der Waals surface area contributed by atoms with Crippen LogP contribution in [0.5, 0.6) is 0 Å². The maximum Gasteiger partial charge on any atom is 0.308 e. The van der Waals surface area contributed by atoms with Crippen LogP contribution in [0, 0.1) is 5.92 Å². The molecular weight excluding hydrogens is 144 g/mol. The summed E-state index contributed by atoms with van der Waals surface area (Å²) in [5.74, 6) is 0.0753. The molecule has 1 saturated carbocycles. The zero-order chi connectivity index (χ0) is 8.27. The zero-order valence-corrected chi connectivity index (χ0v) is 6.75. The number of hydrogen-bond donors (Lipinski definition) is 1. The Bertz CT molecular complexity index is 140. The van der Waals surface area contributed by atoms with Crippen LogP contribution < -0.4 is 0 Å². The standard InChI is InChI=1S/C8H14O3/c1-2-11-8(10)5-7(9)6-3-4-6/h6-7,9H,2-5H2,1H3/t7-/m0/s1. The van der Waals surface area contributed by atoms with E-state index in [1.165, 1.54) is 0 Å². The summed E-state index contributed by atoms with van der Waals surface area (Å²) in [6.45, 7) is 2.16. The number of aliphatic hydroxyl groups excluding tert-OH is 1. The van der Waals surface area contributed by atoms with E-state index < -0.39 is 6.10 Å². The minimum absolute atomic E-state index is 0.165.